The lowest BCUT2D eigenvalue weighted by atomic mass is 10.1. The van der Waals surface area contributed by atoms with Gasteiger partial charge in [0.1, 0.15) is 4.21 Å². The molecule has 1 fully saturated rings. The summed E-state index contributed by atoms with van der Waals surface area (Å²) >= 11 is 1.24. The van der Waals surface area contributed by atoms with Crippen molar-refractivity contribution in [3.8, 4) is 10.6 Å². The van der Waals surface area contributed by atoms with Gasteiger partial charge in [0.25, 0.3) is 10.0 Å². The predicted molar refractivity (Wildman–Crippen MR) is 118 cm³/mol. The molecule has 1 saturated heterocycles. The topological polar surface area (TPSA) is 95.4 Å². The van der Waals surface area contributed by atoms with E-state index in [1.807, 2.05) is 24.3 Å². The first-order valence-corrected chi connectivity index (χ1v) is 12.2. The van der Waals surface area contributed by atoms with E-state index in [9.17, 15) is 8.42 Å². The zero-order valence-electron chi connectivity index (χ0n) is 16.5. The standard InChI is InChI=1S/C21H24N4O3S2/c26-15-11-16-4-6-17(7-5-16)23-21-22-12-10-18(24-21)19-8-9-20(29-19)30(27,28)25-13-2-1-3-14-25/h4-10,12,26H,1-3,11,13-15H2,(H,22,23,24). The van der Waals surface area contributed by atoms with Crippen LogP contribution in [-0.2, 0) is 16.4 Å². The summed E-state index contributed by atoms with van der Waals surface area (Å²) in [5.41, 5.74) is 2.57. The number of aliphatic hydroxyl groups is 1. The van der Waals surface area contributed by atoms with Gasteiger partial charge in [0.15, 0.2) is 0 Å². The van der Waals surface area contributed by atoms with Crippen molar-refractivity contribution in [1.82, 2.24) is 14.3 Å². The zero-order valence-corrected chi connectivity index (χ0v) is 18.1. The van der Waals surface area contributed by atoms with Crippen molar-refractivity contribution in [3.63, 3.8) is 0 Å². The first-order chi connectivity index (χ1) is 14.6. The van der Waals surface area contributed by atoms with Gasteiger partial charge in [-0.15, -0.1) is 11.3 Å². The van der Waals surface area contributed by atoms with Crippen LogP contribution in [0.25, 0.3) is 10.6 Å². The molecular weight excluding hydrogens is 420 g/mol. The van der Waals surface area contributed by atoms with Gasteiger partial charge in [0.2, 0.25) is 5.95 Å². The number of piperidine rings is 1. The van der Waals surface area contributed by atoms with E-state index in [0.29, 0.717) is 35.4 Å². The van der Waals surface area contributed by atoms with Gasteiger partial charge in [0, 0.05) is 31.6 Å². The molecule has 4 rings (SSSR count). The zero-order chi connectivity index (χ0) is 21.0. The lowest BCUT2D eigenvalue weighted by Crippen LogP contribution is -2.35. The van der Waals surface area contributed by atoms with Crippen LogP contribution in [0.4, 0.5) is 11.6 Å². The third-order valence-corrected chi connectivity index (χ3v) is 8.48. The minimum absolute atomic E-state index is 0.119. The van der Waals surface area contributed by atoms with E-state index in [1.54, 1.807) is 28.7 Å². The van der Waals surface area contributed by atoms with Gasteiger partial charge in [-0.2, -0.15) is 4.31 Å². The van der Waals surface area contributed by atoms with Crippen molar-refractivity contribution in [1.29, 1.82) is 0 Å². The average Bonchev–Trinajstić information content (AvgIpc) is 3.28. The van der Waals surface area contributed by atoms with Crippen LogP contribution in [0.3, 0.4) is 0 Å². The molecule has 1 aliphatic heterocycles. The molecule has 0 aliphatic carbocycles. The Kier molecular flexibility index (Phi) is 6.43. The monoisotopic (exact) mass is 444 g/mol. The van der Waals surface area contributed by atoms with Gasteiger partial charge >= 0.3 is 0 Å². The fraction of sp³-hybridized carbons (Fsp3) is 0.333. The summed E-state index contributed by atoms with van der Waals surface area (Å²) in [7, 11) is -3.44. The number of hydrogen-bond acceptors (Lipinski definition) is 7. The van der Waals surface area contributed by atoms with Gasteiger partial charge in [-0.1, -0.05) is 18.6 Å². The highest BCUT2D eigenvalue weighted by Gasteiger charge is 2.27. The molecule has 0 amide bonds. The van der Waals surface area contributed by atoms with Crippen LogP contribution in [0.1, 0.15) is 24.8 Å². The normalized spacial score (nSPS) is 15.2. The smallest absolute Gasteiger partial charge is 0.252 e. The Morgan fingerprint density at radius 2 is 1.80 bits per heavy atom. The Labute approximate surface area is 180 Å². The number of nitrogens with zero attached hydrogens (tertiary/aromatic N) is 3. The van der Waals surface area contributed by atoms with Gasteiger partial charge in [-0.3, -0.25) is 0 Å². The molecule has 0 unspecified atom stereocenters. The van der Waals surface area contributed by atoms with Crippen LogP contribution < -0.4 is 5.32 Å². The maximum absolute atomic E-state index is 12.9. The van der Waals surface area contributed by atoms with Crippen LogP contribution in [0.2, 0.25) is 0 Å². The van der Waals surface area contributed by atoms with E-state index in [0.717, 1.165) is 35.4 Å². The lowest BCUT2D eigenvalue weighted by molar-refractivity contribution is 0.299. The Balaban J connectivity index is 1.51. The molecule has 0 saturated carbocycles. The number of nitrogens with one attached hydrogen (secondary N) is 1. The van der Waals surface area contributed by atoms with Crippen LogP contribution in [0.5, 0.6) is 0 Å². The van der Waals surface area contributed by atoms with Crippen molar-refractivity contribution < 1.29 is 13.5 Å². The van der Waals surface area contributed by atoms with Crippen molar-refractivity contribution >= 4 is 33.0 Å². The molecule has 30 heavy (non-hydrogen) atoms. The maximum Gasteiger partial charge on any atom is 0.252 e. The van der Waals surface area contributed by atoms with Crippen LogP contribution in [0.15, 0.2) is 52.9 Å². The lowest BCUT2D eigenvalue weighted by Gasteiger charge is -2.25. The molecule has 0 radical (unpaired) electrons. The molecule has 0 bridgehead atoms. The molecular formula is C21H24N4O3S2. The maximum atomic E-state index is 12.9. The number of rotatable bonds is 7. The first-order valence-electron chi connectivity index (χ1n) is 9.96. The molecule has 3 aromatic rings. The fourth-order valence-corrected chi connectivity index (χ4v) is 6.35. The molecule has 9 heteroatoms. The van der Waals surface area contributed by atoms with Crippen LogP contribution >= 0.6 is 11.3 Å². The third kappa shape index (κ3) is 4.70. The summed E-state index contributed by atoms with van der Waals surface area (Å²) in [4.78, 5) is 9.59. The summed E-state index contributed by atoms with van der Waals surface area (Å²) < 4.78 is 27.7. The fourth-order valence-electron chi connectivity index (χ4n) is 3.40. The van der Waals surface area contributed by atoms with Crippen molar-refractivity contribution in [2.45, 2.75) is 29.9 Å². The van der Waals surface area contributed by atoms with E-state index in [1.165, 1.54) is 11.3 Å². The number of anilines is 2. The number of benzene rings is 1. The molecule has 1 aliphatic rings. The van der Waals surface area contributed by atoms with Crippen molar-refractivity contribution in [3.05, 3.63) is 54.2 Å². The minimum atomic E-state index is -3.44. The van der Waals surface area contributed by atoms with Gasteiger partial charge in [-0.05, 0) is 55.2 Å². The molecule has 7 nitrogen and oxygen atoms in total. The Hall–Kier alpha value is -2.33. The van der Waals surface area contributed by atoms with Crippen LogP contribution in [-0.4, -0.2) is 47.5 Å². The largest absolute Gasteiger partial charge is 0.396 e. The summed E-state index contributed by atoms with van der Waals surface area (Å²) in [6.45, 7) is 1.30. The second kappa shape index (κ2) is 9.22. The third-order valence-electron chi connectivity index (χ3n) is 5.01. The molecule has 3 heterocycles. The quantitative estimate of drug-likeness (QED) is 0.577. The van der Waals surface area contributed by atoms with Gasteiger partial charge < -0.3 is 10.4 Å². The number of sulfonamides is 1. The SMILES string of the molecule is O=S(=O)(c1ccc(-c2ccnc(Nc3ccc(CCO)cc3)n2)s1)N1CCCCC1. The average molecular weight is 445 g/mol. The highest BCUT2D eigenvalue weighted by molar-refractivity contribution is 7.91. The van der Waals surface area contributed by atoms with Crippen LogP contribution in [0, 0.1) is 0 Å². The number of thiophene rings is 1. The molecule has 2 N–H and O–H groups in total. The van der Waals surface area contributed by atoms with E-state index < -0.39 is 10.0 Å². The summed E-state index contributed by atoms with van der Waals surface area (Å²) in [6.07, 6.45) is 5.19. The van der Waals surface area contributed by atoms with Crippen molar-refractivity contribution in [2.24, 2.45) is 0 Å². The Bertz CT molecular complexity index is 1090. The molecule has 158 valence electrons. The molecule has 0 spiro atoms. The minimum Gasteiger partial charge on any atom is -0.396 e. The van der Waals surface area contributed by atoms with Gasteiger partial charge in [0.05, 0.1) is 10.6 Å². The highest BCUT2D eigenvalue weighted by atomic mass is 32.2. The highest BCUT2D eigenvalue weighted by Crippen LogP contribution is 2.32. The van der Waals surface area contributed by atoms with E-state index in [-0.39, 0.29) is 6.61 Å². The summed E-state index contributed by atoms with van der Waals surface area (Å²) in [6, 6.07) is 13.0. The molecule has 2 aromatic heterocycles. The Morgan fingerprint density at radius 1 is 1.03 bits per heavy atom. The van der Waals surface area contributed by atoms with E-state index >= 15 is 0 Å². The summed E-state index contributed by atoms with van der Waals surface area (Å²) in [5.74, 6) is 0.441. The number of aromatic nitrogens is 2. The Morgan fingerprint density at radius 3 is 2.53 bits per heavy atom. The second-order valence-electron chi connectivity index (χ2n) is 7.14. The van der Waals surface area contributed by atoms with E-state index in [2.05, 4.69) is 15.3 Å². The molecule has 1 aromatic carbocycles. The number of hydrogen-bond donors (Lipinski definition) is 2. The van der Waals surface area contributed by atoms with Gasteiger partial charge in [-0.25, -0.2) is 18.4 Å². The second-order valence-corrected chi connectivity index (χ2v) is 10.4. The first kappa shape index (κ1) is 20.9. The predicted octanol–water partition coefficient (Wildman–Crippen LogP) is 3.66. The van der Waals surface area contributed by atoms with E-state index in [4.69, 9.17) is 5.11 Å². The summed E-state index contributed by atoms with van der Waals surface area (Å²) in [5, 5.41) is 12.2. The van der Waals surface area contributed by atoms with Crippen molar-refractivity contribution in [2.75, 3.05) is 25.0 Å². The number of aliphatic hydroxyl groups excluding tert-OH is 1. The molecule has 0 atom stereocenters.